The number of anilines is 1. The Balaban J connectivity index is 2.46. The first-order chi connectivity index (χ1) is 9.20. The summed E-state index contributed by atoms with van der Waals surface area (Å²) in [6.07, 6.45) is 0. The van der Waals surface area contributed by atoms with Gasteiger partial charge in [0.1, 0.15) is 11.5 Å². The van der Waals surface area contributed by atoms with E-state index in [0.717, 1.165) is 0 Å². The minimum Gasteiger partial charge on any atom is -0.273 e. The quantitative estimate of drug-likeness (QED) is 0.930. The third kappa shape index (κ3) is 2.89. The highest BCUT2D eigenvalue weighted by Crippen LogP contribution is 2.30. The fourth-order valence-electron chi connectivity index (χ4n) is 1.42. The minimum absolute atomic E-state index is 0.0251. The van der Waals surface area contributed by atoms with Gasteiger partial charge in [-0.3, -0.25) is 4.72 Å². The van der Waals surface area contributed by atoms with Crippen LogP contribution in [0.15, 0.2) is 16.3 Å². The summed E-state index contributed by atoms with van der Waals surface area (Å²) < 4.78 is 65.0. The SMILES string of the molecule is Cc1nc(Cl)sc1S(=O)(=O)Nc1c(F)cc(F)cc1F. The molecule has 0 radical (unpaired) electrons. The first-order valence-corrected chi connectivity index (χ1v) is 7.69. The van der Waals surface area contributed by atoms with Crippen LogP contribution in [-0.2, 0) is 10.0 Å². The molecule has 0 bridgehead atoms. The first kappa shape index (κ1) is 15.1. The standard InChI is InChI=1S/C10H6ClF3N2O2S2/c1-4-9(19-10(11)15-4)20(17,18)16-8-6(13)2-5(12)3-7(8)14/h2-3,16H,1H3. The number of rotatable bonds is 3. The van der Waals surface area contributed by atoms with Crippen molar-refractivity contribution in [2.75, 3.05) is 4.72 Å². The van der Waals surface area contributed by atoms with Crippen molar-refractivity contribution >= 4 is 38.6 Å². The lowest BCUT2D eigenvalue weighted by molar-refractivity contribution is 0.547. The third-order valence-electron chi connectivity index (χ3n) is 2.22. The van der Waals surface area contributed by atoms with Crippen molar-refractivity contribution in [3.63, 3.8) is 0 Å². The normalized spacial score (nSPS) is 11.7. The highest BCUT2D eigenvalue weighted by atomic mass is 35.5. The average Bonchev–Trinajstić information content (AvgIpc) is 2.64. The predicted octanol–water partition coefficient (Wildman–Crippen LogP) is 3.32. The molecule has 108 valence electrons. The lowest BCUT2D eigenvalue weighted by atomic mass is 10.3. The summed E-state index contributed by atoms with van der Waals surface area (Å²) in [7, 11) is -4.26. The number of hydrogen-bond acceptors (Lipinski definition) is 4. The topological polar surface area (TPSA) is 59.1 Å². The summed E-state index contributed by atoms with van der Waals surface area (Å²) >= 11 is 6.22. The number of nitrogens with one attached hydrogen (secondary N) is 1. The van der Waals surface area contributed by atoms with Gasteiger partial charge in [-0.25, -0.2) is 26.6 Å². The highest BCUT2D eigenvalue weighted by molar-refractivity contribution is 7.94. The number of nitrogens with zero attached hydrogens (tertiary/aromatic N) is 1. The fraction of sp³-hybridized carbons (Fsp3) is 0.100. The number of hydrogen-bond donors (Lipinski definition) is 1. The Morgan fingerprint density at radius 3 is 2.25 bits per heavy atom. The summed E-state index contributed by atoms with van der Waals surface area (Å²) in [5.74, 6) is -3.88. The maximum atomic E-state index is 13.4. The van der Waals surface area contributed by atoms with Gasteiger partial charge in [0.05, 0.1) is 5.69 Å². The molecule has 0 aliphatic rings. The van der Waals surface area contributed by atoms with Crippen LogP contribution in [0, 0.1) is 24.4 Å². The lowest BCUT2D eigenvalue weighted by Gasteiger charge is -2.08. The van der Waals surface area contributed by atoms with Gasteiger partial charge in [0.15, 0.2) is 20.3 Å². The summed E-state index contributed by atoms with van der Waals surface area (Å²) in [6, 6.07) is 0.737. The molecule has 10 heteroatoms. The molecule has 2 rings (SSSR count). The molecule has 1 heterocycles. The van der Waals surface area contributed by atoms with Crippen molar-refractivity contribution in [2.45, 2.75) is 11.1 Å². The van der Waals surface area contributed by atoms with Crippen LogP contribution >= 0.6 is 22.9 Å². The lowest BCUT2D eigenvalue weighted by Crippen LogP contribution is -2.15. The van der Waals surface area contributed by atoms with Gasteiger partial charge in [0, 0.05) is 12.1 Å². The molecule has 0 saturated heterocycles. The largest absolute Gasteiger partial charge is 0.273 e. The van der Waals surface area contributed by atoms with Gasteiger partial charge in [-0.15, -0.1) is 0 Å². The second-order valence-electron chi connectivity index (χ2n) is 3.69. The van der Waals surface area contributed by atoms with Crippen LogP contribution < -0.4 is 4.72 Å². The zero-order chi connectivity index (χ0) is 15.1. The summed E-state index contributed by atoms with van der Waals surface area (Å²) in [5, 5.41) is 0. The van der Waals surface area contributed by atoms with Crippen molar-refractivity contribution in [3.05, 3.63) is 39.7 Å². The van der Waals surface area contributed by atoms with Gasteiger partial charge < -0.3 is 0 Å². The van der Waals surface area contributed by atoms with E-state index in [9.17, 15) is 21.6 Å². The number of aryl methyl sites for hydroxylation is 1. The minimum atomic E-state index is -4.26. The number of sulfonamides is 1. The zero-order valence-corrected chi connectivity index (χ0v) is 12.1. The van der Waals surface area contributed by atoms with E-state index in [0.29, 0.717) is 23.5 Å². The van der Waals surface area contributed by atoms with Crippen LogP contribution in [0.25, 0.3) is 0 Å². The van der Waals surface area contributed by atoms with Crippen molar-refractivity contribution < 1.29 is 21.6 Å². The van der Waals surface area contributed by atoms with Crippen molar-refractivity contribution in [3.8, 4) is 0 Å². The van der Waals surface area contributed by atoms with E-state index < -0.39 is 33.2 Å². The van der Waals surface area contributed by atoms with Gasteiger partial charge in [-0.2, -0.15) is 0 Å². The Kier molecular flexibility index (Phi) is 3.94. The summed E-state index contributed by atoms with van der Waals surface area (Å²) in [4.78, 5) is 3.70. The maximum Gasteiger partial charge on any atom is 0.273 e. The molecular formula is C10H6ClF3N2O2S2. The molecule has 0 fully saturated rings. The second kappa shape index (κ2) is 5.23. The molecule has 0 amide bonds. The fourth-order valence-corrected chi connectivity index (χ4v) is 4.24. The molecule has 0 aliphatic carbocycles. The predicted molar refractivity (Wildman–Crippen MR) is 69.0 cm³/mol. The molecule has 0 unspecified atom stereocenters. The Morgan fingerprint density at radius 1 is 1.25 bits per heavy atom. The number of thiazole rings is 1. The third-order valence-corrected chi connectivity index (χ3v) is 5.44. The Labute approximate surface area is 121 Å². The molecule has 4 nitrogen and oxygen atoms in total. The summed E-state index contributed by atoms with van der Waals surface area (Å²) in [5.41, 5.74) is -0.870. The summed E-state index contributed by atoms with van der Waals surface area (Å²) in [6.45, 7) is 1.38. The van der Waals surface area contributed by atoms with Crippen LogP contribution in [-0.4, -0.2) is 13.4 Å². The van der Waals surface area contributed by atoms with E-state index in [-0.39, 0.29) is 14.4 Å². The van der Waals surface area contributed by atoms with Gasteiger partial charge in [0.2, 0.25) is 0 Å². The van der Waals surface area contributed by atoms with Crippen LogP contribution in [0.5, 0.6) is 0 Å². The molecule has 1 aromatic heterocycles. The van der Waals surface area contributed by atoms with Crippen molar-refractivity contribution in [1.82, 2.24) is 4.98 Å². The van der Waals surface area contributed by atoms with Crippen molar-refractivity contribution in [1.29, 1.82) is 0 Å². The van der Waals surface area contributed by atoms with E-state index in [4.69, 9.17) is 11.6 Å². The highest BCUT2D eigenvalue weighted by Gasteiger charge is 2.24. The first-order valence-electron chi connectivity index (χ1n) is 5.01. The Hall–Kier alpha value is -1.32. The smallest absolute Gasteiger partial charge is 0.273 e. The number of aromatic nitrogens is 1. The molecule has 1 aromatic carbocycles. The monoisotopic (exact) mass is 342 g/mol. The van der Waals surface area contributed by atoms with Crippen molar-refractivity contribution in [2.24, 2.45) is 0 Å². The van der Waals surface area contributed by atoms with Gasteiger partial charge in [-0.1, -0.05) is 22.9 Å². The van der Waals surface area contributed by atoms with E-state index in [1.54, 1.807) is 4.72 Å². The molecule has 0 atom stereocenters. The van der Waals surface area contributed by atoms with Crippen LogP contribution in [0.4, 0.5) is 18.9 Å². The van der Waals surface area contributed by atoms with Gasteiger partial charge >= 0.3 is 0 Å². The van der Waals surface area contributed by atoms with Crippen LogP contribution in [0.2, 0.25) is 4.47 Å². The van der Waals surface area contributed by atoms with Crippen LogP contribution in [0.1, 0.15) is 5.69 Å². The molecule has 0 aliphatic heterocycles. The van der Waals surface area contributed by atoms with Gasteiger partial charge in [0.25, 0.3) is 10.0 Å². The van der Waals surface area contributed by atoms with E-state index in [1.807, 2.05) is 0 Å². The maximum absolute atomic E-state index is 13.4. The molecule has 2 aromatic rings. The van der Waals surface area contributed by atoms with Gasteiger partial charge in [-0.05, 0) is 6.92 Å². The number of halogens is 4. The molecular weight excluding hydrogens is 337 g/mol. The Bertz CT molecular complexity index is 754. The Morgan fingerprint density at radius 2 is 1.80 bits per heavy atom. The molecule has 0 saturated carbocycles. The molecule has 20 heavy (non-hydrogen) atoms. The van der Waals surface area contributed by atoms with E-state index in [1.165, 1.54) is 6.92 Å². The average molecular weight is 343 g/mol. The number of benzene rings is 1. The second-order valence-corrected chi connectivity index (χ2v) is 7.15. The zero-order valence-electron chi connectivity index (χ0n) is 9.75. The van der Waals surface area contributed by atoms with E-state index in [2.05, 4.69) is 4.98 Å². The van der Waals surface area contributed by atoms with E-state index >= 15 is 0 Å². The molecule has 1 N–H and O–H groups in total. The molecule has 0 spiro atoms. The van der Waals surface area contributed by atoms with Crippen LogP contribution in [0.3, 0.4) is 0 Å².